The molecular formula is C25H22ClN3O2. The highest BCUT2D eigenvalue weighted by molar-refractivity contribution is 6.30. The Balaban J connectivity index is 1.51. The predicted molar refractivity (Wildman–Crippen MR) is 119 cm³/mol. The van der Waals surface area contributed by atoms with E-state index in [4.69, 9.17) is 11.6 Å². The van der Waals surface area contributed by atoms with E-state index in [1.165, 1.54) is 5.56 Å². The second-order valence-corrected chi connectivity index (χ2v) is 8.37. The van der Waals surface area contributed by atoms with Crippen LogP contribution in [0.4, 0.5) is 0 Å². The average Bonchev–Trinajstić information content (AvgIpc) is 3.31. The maximum atomic E-state index is 13.5. The predicted octanol–water partition coefficient (Wildman–Crippen LogP) is 4.26. The molecule has 0 spiro atoms. The van der Waals surface area contributed by atoms with Gasteiger partial charge in [-0.2, -0.15) is 0 Å². The zero-order valence-electron chi connectivity index (χ0n) is 17.0. The lowest BCUT2D eigenvalue weighted by atomic mass is 9.89. The molecule has 2 aromatic carbocycles. The molecule has 1 atom stereocenters. The number of aryl methyl sites for hydroxylation is 1. The van der Waals surface area contributed by atoms with E-state index in [0.29, 0.717) is 30.1 Å². The minimum Gasteiger partial charge on any atom is -0.310 e. The fraction of sp³-hybridized carbons (Fsp3) is 0.240. The van der Waals surface area contributed by atoms with Crippen LogP contribution >= 0.6 is 11.6 Å². The molecule has 1 unspecified atom stereocenters. The third kappa shape index (κ3) is 3.12. The van der Waals surface area contributed by atoms with Crippen molar-refractivity contribution in [3.63, 3.8) is 0 Å². The van der Waals surface area contributed by atoms with Crippen molar-refractivity contribution >= 4 is 23.4 Å². The van der Waals surface area contributed by atoms with E-state index in [2.05, 4.69) is 4.98 Å². The minimum absolute atomic E-state index is 0.0300. The van der Waals surface area contributed by atoms with Gasteiger partial charge in [0, 0.05) is 53.6 Å². The zero-order chi connectivity index (χ0) is 21.4. The van der Waals surface area contributed by atoms with Gasteiger partial charge in [0.2, 0.25) is 5.91 Å². The number of halogens is 1. The second-order valence-electron chi connectivity index (χ2n) is 7.94. The topological polar surface area (TPSA) is 53.5 Å². The minimum atomic E-state index is -0.911. The SMILES string of the molecule is O=C(CCCc1ccncc1)N1CCN2C(=O)c3ccccc3C12c1ccc(Cl)cc1. The van der Waals surface area contributed by atoms with Crippen molar-refractivity contribution in [2.24, 2.45) is 0 Å². The Morgan fingerprint density at radius 1 is 1.00 bits per heavy atom. The lowest BCUT2D eigenvalue weighted by Crippen LogP contribution is -2.51. The number of rotatable bonds is 5. The summed E-state index contributed by atoms with van der Waals surface area (Å²) in [4.78, 5) is 34.5. The van der Waals surface area contributed by atoms with Gasteiger partial charge in [-0.25, -0.2) is 0 Å². The third-order valence-electron chi connectivity index (χ3n) is 6.26. The van der Waals surface area contributed by atoms with Crippen molar-refractivity contribution in [3.8, 4) is 0 Å². The molecule has 1 aromatic heterocycles. The summed E-state index contributed by atoms with van der Waals surface area (Å²) in [5.41, 5.74) is 2.66. The zero-order valence-corrected chi connectivity index (χ0v) is 17.8. The third-order valence-corrected chi connectivity index (χ3v) is 6.51. The van der Waals surface area contributed by atoms with Crippen molar-refractivity contribution < 1.29 is 9.59 Å². The maximum absolute atomic E-state index is 13.5. The van der Waals surface area contributed by atoms with E-state index in [-0.39, 0.29) is 11.8 Å². The standard InChI is InChI=1S/C25H22ClN3O2/c26-20-10-8-19(9-11-20)25-22-6-2-1-5-21(22)24(31)29(25)17-16-28(25)23(30)7-3-4-18-12-14-27-15-13-18/h1-2,5-6,8-15H,3-4,7,16-17H2. The number of carbonyl (C=O) groups is 2. The number of amides is 2. The molecule has 0 radical (unpaired) electrons. The van der Waals surface area contributed by atoms with Gasteiger partial charge in [0.05, 0.1) is 0 Å². The summed E-state index contributed by atoms with van der Waals surface area (Å²) in [6, 6.07) is 19.0. The van der Waals surface area contributed by atoms with Gasteiger partial charge in [-0.3, -0.25) is 14.6 Å². The molecule has 0 aliphatic carbocycles. The fourth-order valence-electron chi connectivity index (χ4n) is 4.91. The number of carbonyl (C=O) groups excluding carboxylic acids is 2. The summed E-state index contributed by atoms with van der Waals surface area (Å²) in [5, 5.41) is 0.623. The van der Waals surface area contributed by atoms with Crippen LogP contribution in [0.15, 0.2) is 73.1 Å². The number of pyridine rings is 1. The average molecular weight is 432 g/mol. The molecule has 3 aromatic rings. The summed E-state index contributed by atoms with van der Waals surface area (Å²) in [7, 11) is 0. The van der Waals surface area contributed by atoms with Crippen LogP contribution < -0.4 is 0 Å². The normalized spacial score (nSPS) is 19.5. The Bertz CT molecular complexity index is 1130. The fourth-order valence-corrected chi connectivity index (χ4v) is 5.04. The molecule has 2 amide bonds. The smallest absolute Gasteiger partial charge is 0.256 e. The summed E-state index contributed by atoms with van der Waals surface area (Å²) in [6.45, 7) is 1.02. The van der Waals surface area contributed by atoms with Crippen molar-refractivity contribution in [3.05, 3.63) is 100 Å². The Hall–Kier alpha value is -3.18. The van der Waals surface area contributed by atoms with Crippen LogP contribution in [0.5, 0.6) is 0 Å². The van der Waals surface area contributed by atoms with E-state index < -0.39 is 5.66 Å². The Morgan fingerprint density at radius 3 is 2.52 bits per heavy atom. The largest absolute Gasteiger partial charge is 0.310 e. The van der Waals surface area contributed by atoms with Crippen molar-refractivity contribution in [1.82, 2.24) is 14.8 Å². The molecule has 1 saturated heterocycles. The van der Waals surface area contributed by atoms with E-state index in [1.54, 1.807) is 12.4 Å². The van der Waals surface area contributed by atoms with Crippen LogP contribution in [0.2, 0.25) is 5.02 Å². The van der Waals surface area contributed by atoms with E-state index in [9.17, 15) is 9.59 Å². The number of nitrogens with zero attached hydrogens (tertiary/aromatic N) is 3. The molecule has 5 rings (SSSR count). The maximum Gasteiger partial charge on any atom is 0.256 e. The number of fused-ring (bicyclic) bond motifs is 3. The molecular weight excluding hydrogens is 410 g/mol. The Morgan fingerprint density at radius 2 is 1.74 bits per heavy atom. The Labute approximate surface area is 186 Å². The van der Waals surface area contributed by atoms with Crippen LogP contribution in [0.1, 0.15) is 39.9 Å². The van der Waals surface area contributed by atoms with E-state index in [1.807, 2.05) is 70.5 Å². The van der Waals surface area contributed by atoms with E-state index in [0.717, 1.165) is 24.0 Å². The molecule has 0 bridgehead atoms. The first-order valence-corrected chi connectivity index (χ1v) is 10.9. The molecule has 3 heterocycles. The number of benzene rings is 2. The molecule has 5 nitrogen and oxygen atoms in total. The lowest BCUT2D eigenvalue weighted by molar-refractivity contribution is -0.136. The second kappa shape index (κ2) is 7.82. The first kappa shape index (κ1) is 19.8. The highest BCUT2D eigenvalue weighted by atomic mass is 35.5. The highest BCUT2D eigenvalue weighted by Gasteiger charge is 2.59. The van der Waals surface area contributed by atoms with Gasteiger partial charge in [-0.15, -0.1) is 0 Å². The van der Waals surface area contributed by atoms with Gasteiger partial charge in [0.25, 0.3) is 5.91 Å². The molecule has 1 fully saturated rings. The van der Waals surface area contributed by atoms with Gasteiger partial charge in [-0.1, -0.05) is 41.9 Å². The van der Waals surface area contributed by atoms with Crippen LogP contribution in [0.25, 0.3) is 0 Å². The number of hydrogen-bond acceptors (Lipinski definition) is 3. The molecule has 31 heavy (non-hydrogen) atoms. The summed E-state index contributed by atoms with van der Waals surface area (Å²) < 4.78 is 0. The van der Waals surface area contributed by atoms with Crippen LogP contribution in [-0.2, 0) is 16.9 Å². The molecule has 2 aliphatic heterocycles. The number of aromatic nitrogens is 1. The van der Waals surface area contributed by atoms with Crippen LogP contribution in [0, 0.1) is 0 Å². The van der Waals surface area contributed by atoms with Crippen molar-refractivity contribution in [2.45, 2.75) is 24.9 Å². The van der Waals surface area contributed by atoms with Crippen molar-refractivity contribution in [1.29, 1.82) is 0 Å². The summed E-state index contributed by atoms with van der Waals surface area (Å²) in [5.74, 6) is 0.0219. The molecule has 2 aliphatic rings. The summed E-state index contributed by atoms with van der Waals surface area (Å²) in [6.07, 6.45) is 5.51. The summed E-state index contributed by atoms with van der Waals surface area (Å²) >= 11 is 6.15. The van der Waals surface area contributed by atoms with Gasteiger partial charge < -0.3 is 9.80 Å². The molecule has 0 saturated carbocycles. The quantitative estimate of drug-likeness (QED) is 0.606. The van der Waals surface area contributed by atoms with Gasteiger partial charge in [0.1, 0.15) is 0 Å². The molecule has 0 N–H and O–H groups in total. The first-order chi connectivity index (χ1) is 15.1. The van der Waals surface area contributed by atoms with Crippen LogP contribution in [0.3, 0.4) is 0 Å². The molecule has 156 valence electrons. The van der Waals surface area contributed by atoms with E-state index >= 15 is 0 Å². The monoisotopic (exact) mass is 431 g/mol. The molecule has 6 heteroatoms. The van der Waals surface area contributed by atoms with Gasteiger partial charge >= 0.3 is 0 Å². The number of hydrogen-bond donors (Lipinski definition) is 0. The van der Waals surface area contributed by atoms with Gasteiger partial charge in [0.15, 0.2) is 5.66 Å². The lowest BCUT2D eigenvalue weighted by Gasteiger charge is -2.40. The highest BCUT2D eigenvalue weighted by Crippen LogP contribution is 2.49. The van der Waals surface area contributed by atoms with Gasteiger partial charge in [-0.05, 0) is 48.7 Å². The van der Waals surface area contributed by atoms with Crippen LogP contribution in [-0.4, -0.2) is 39.7 Å². The van der Waals surface area contributed by atoms with Crippen molar-refractivity contribution in [2.75, 3.05) is 13.1 Å². The Kier molecular flexibility index (Phi) is 4.98. The first-order valence-electron chi connectivity index (χ1n) is 10.5.